The molecule has 0 spiro atoms. The van der Waals surface area contributed by atoms with Crippen molar-refractivity contribution < 1.29 is 13.2 Å². The van der Waals surface area contributed by atoms with Crippen molar-refractivity contribution in [1.29, 1.82) is 0 Å². The number of nitrogens with one attached hydrogen (secondary N) is 1. The van der Waals surface area contributed by atoms with Gasteiger partial charge in [0.05, 0.1) is 6.54 Å². The third-order valence-corrected chi connectivity index (χ3v) is 4.06. The molecule has 6 heteroatoms. The first-order valence-electron chi connectivity index (χ1n) is 7.14. The zero-order valence-corrected chi connectivity index (χ0v) is 12.7. The van der Waals surface area contributed by atoms with Crippen LogP contribution < -0.4 is 5.32 Å². The summed E-state index contributed by atoms with van der Waals surface area (Å²) in [6.07, 6.45) is -2.63. The van der Waals surface area contributed by atoms with Crippen LogP contribution in [0, 0.1) is 0 Å². The number of benzene rings is 1. The van der Waals surface area contributed by atoms with Gasteiger partial charge in [-0.25, -0.2) is 0 Å². The second kappa shape index (κ2) is 6.99. The summed E-state index contributed by atoms with van der Waals surface area (Å²) in [5, 5.41) is 4.17. The van der Waals surface area contributed by atoms with E-state index in [1.54, 1.807) is 0 Å². The van der Waals surface area contributed by atoms with E-state index < -0.39 is 12.7 Å². The highest BCUT2D eigenvalue weighted by atomic mass is 35.5. The molecule has 0 radical (unpaired) electrons. The highest BCUT2D eigenvalue weighted by Gasteiger charge is 2.32. The lowest BCUT2D eigenvalue weighted by Gasteiger charge is -2.34. The predicted molar refractivity (Wildman–Crippen MR) is 78.5 cm³/mol. The number of halogens is 4. The number of nitrogens with zero attached hydrogens (tertiary/aromatic N) is 1. The minimum absolute atomic E-state index is 0.142. The van der Waals surface area contributed by atoms with Crippen LogP contribution in [0.15, 0.2) is 24.3 Å². The maximum atomic E-state index is 12.3. The summed E-state index contributed by atoms with van der Waals surface area (Å²) in [7, 11) is 0. The fourth-order valence-electron chi connectivity index (χ4n) is 2.74. The second-order valence-corrected chi connectivity index (χ2v) is 6.05. The van der Waals surface area contributed by atoms with E-state index in [1.807, 2.05) is 31.2 Å². The number of hydrogen-bond acceptors (Lipinski definition) is 2. The Balaban J connectivity index is 1.81. The Morgan fingerprint density at radius 3 is 2.57 bits per heavy atom. The van der Waals surface area contributed by atoms with Gasteiger partial charge in [0.25, 0.3) is 0 Å². The summed E-state index contributed by atoms with van der Waals surface area (Å²) >= 11 is 5.97. The van der Waals surface area contributed by atoms with E-state index in [9.17, 15) is 13.2 Å². The maximum absolute atomic E-state index is 12.3. The molecule has 1 aromatic rings. The van der Waals surface area contributed by atoms with E-state index in [2.05, 4.69) is 5.32 Å². The zero-order valence-electron chi connectivity index (χ0n) is 12.0. The molecule has 1 aromatic carbocycles. The molecule has 1 saturated heterocycles. The molecule has 0 aromatic heterocycles. The van der Waals surface area contributed by atoms with Crippen LogP contribution in [0.3, 0.4) is 0 Å². The lowest BCUT2D eigenvalue weighted by atomic mass is 10.0. The highest BCUT2D eigenvalue weighted by molar-refractivity contribution is 6.30. The molecular weight excluding hydrogens is 301 g/mol. The van der Waals surface area contributed by atoms with Crippen molar-refractivity contribution in [2.45, 2.75) is 38.0 Å². The number of piperidine rings is 1. The van der Waals surface area contributed by atoms with E-state index in [-0.39, 0.29) is 12.1 Å². The zero-order chi connectivity index (χ0) is 15.5. The molecule has 21 heavy (non-hydrogen) atoms. The van der Waals surface area contributed by atoms with Crippen molar-refractivity contribution in [3.05, 3.63) is 34.9 Å². The summed E-state index contributed by atoms with van der Waals surface area (Å²) in [4.78, 5) is 1.47. The second-order valence-electron chi connectivity index (χ2n) is 5.61. The van der Waals surface area contributed by atoms with Crippen molar-refractivity contribution >= 4 is 11.6 Å². The van der Waals surface area contributed by atoms with E-state index in [0.717, 1.165) is 18.4 Å². The Labute approximate surface area is 128 Å². The van der Waals surface area contributed by atoms with Crippen LogP contribution in [0.25, 0.3) is 0 Å². The Bertz CT molecular complexity index is 456. The molecule has 0 saturated carbocycles. The van der Waals surface area contributed by atoms with Crippen molar-refractivity contribution in [2.75, 3.05) is 19.6 Å². The summed E-state index contributed by atoms with van der Waals surface area (Å²) in [5.74, 6) is 0. The van der Waals surface area contributed by atoms with Crippen LogP contribution >= 0.6 is 11.6 Å². The Hall–Kier alpha value is -0.780. The number of alkyl halides is 3. The van der Waals surface area contributed by atoms with Gasteiger partial charge in [-0.2, -0.15) is 13.2 Å². The van der Waals surface area contributed by atoms with Gasteiger partial charge < -0.3 is 5.32 Å². The molecule has 1 heterocycles. The van der Waals surface area contributed by atoms with Gasteiger partial charge >= 0.3 is 6.18 Å². The van der Waals surface area contributed by atoms with Gasteiger partial charge in [0.1, 0.15) is 0 Å². The molecular formula is C15H20ClF3N2. The van der Waals surface area contributed by atoms with Gasteiger partial charge in [0, 0.05) is 17.1 Å². The van der Waals surface area contributed by atoms with Gasteiger partial charge in [0.15, 0.2) is 0 Å². The first kappa shape index (κ1) is 16.6. The molecule has 2 nitrogen and oxygen atoms in total. The highest BCUT2D eigenvalue weighted by Crippen LogP contribution is 2.22. The summed E-state index contributed by atoms with van der Waals surface area (Å²) < 4.78 is 37.0. The smallest absolute Gasteiger partial charge is 0.307 e. The Morgan fingerprint density at radius 2 is 2.00 bits per heavy atom. The average Bonchev–Trinajstić information content (AvgIpc) is 2.39. The fourth-order valence-corrected chi connectivity index (χ4v) is 2.94. The van der Waals surface area contributed by atoms with Gasteiger partial charge in [-0.15, -0.1) is 0 Å². The van der Waals surface area contributed by atoms with Crippen molar-refractivity contribution in [2.24, 2.45) is 0 Å². The van der Waals surface area contributed by atoms with Gasteiger partial charge in [-0.1, -0.05) is 23.7 Å². The first-order valence-corrected chi connectivity index (χ1v) is 7.52. The minimum atomic E-state index is -4.10. The number of rotatable bonds is 4. The van der Waals surface area contributed by atoms with Crippen molar-refractivity contribution in [1.82, 2.24) is 10.2 Å². The normalized spacial score (nSPS) is 19.7. The SMILES string of the molecule is C[C@H](NC1CCN(CC(F)(F)F)CC1)c1cccc(Cl)c1. The monoisotopic (exact) mass is 320 g/mol. The van der Waals surface area contributed by atoms with Gasteiger partial charge in [-0.05, 0) is 50.6 Å². The van der Waals surface area contributed by atoms with E-state index in [4.69, 9.17) is 11.6 Å². The molecule has 1 N–H and O–H groups in total. The van der Waals surface area contributed by atoms with Crippen molar-refractivity contribution in [3.63, 3.8) is 0 Å². The third-order valence-electron chi connectivity index (χ3n) is 3.82. The summed E-state index contributed by atoms with van der Waals surface area (Å²) in [5.41, 5.74) is 1.10. The number of hydrogen-bond donors (Lipinski definition) is 1. The molecule has 2 rings (SSSR count). The predicted octanol–water partition coefficient (Wildman–Crippen LogP) is 4.02. The average molecular weight is 321 g/mol. The van der Waals surface area contributed by atoms with Crippen molar-refractivity contribution in [3.8, 4) is 0 Å². The van der Waals surface area contributed by atoms with E-state index in [0.29, 0.717) is 18.1 Å². The largest absolute Gasteiger partial charge is 0.401 e. The van der Waals surface area contributed by atoms with Crippen LogP contribution in [0.4, 0.5) is 13.2 Å². The van der Waals surface area contributed by atoms with Gasteiger partial charge in [-0.3, -0.25) is 4.90 Å². The van der Waals surface area contributed by atoms with Crippen LogP contribution in [-0.4, -0.2) is 36.8 Å². The lowest BCUT2D eigenvalue weighted by molar-refractivity contribution is -0.148. The molecule has 0 aliphatic carbocycles. The number of likely N-dealkylation sites (tertiary alicyclic amines) is 1. The molecule has 0 unspecified atom stereocenters. The summed E-state index contributed by atoms with van der Waals surface area (Å²) in [6, 6.07) is 8.04. The summed E-state index contributed by atoms with van der Waals surface area (Å²) in [6.45, 7) is 2.22. The molecule has 1 atom stereocenters. The minimum Gasteiger partial charge on any atom is -0.307 e. The van der Waals surface area contributed by atoms with Gasteiger partial charge in [0.2, 0.25) is 0 Å². The molecule has 118 valence electrons. The van der Waals surface area contributed by atoms with Crippen LogP contribution in [-0.2, 0) is 0 Å². The maximum Gasteiger partial charge on any atom is 0.401 e. The fraction of sp³-hybridized carbons (Fsp3) is 0.600. The quantitative estimate of drug-likeness (QED) is 0.901. The topological polar surface area (TPSA) is 15.3 Å². The Kier molecular flexibility index (Phi) is 5.52. The standard InChI is InChI=1S/C15H20ClF3N2/c1-11(12-3-2-4-13(16)9-12)20-14-5-7-21(8-6-14)10-15(17,18)19/h2-4,9,11,14,20H,5-8,10H2,1H3/t11-/m0/s1. The van der Waals surface area contributed by atoms with E-state index >= 15 is 0 Å². The first-order chi connectivity index (χ1) is 9.83. The molecule has 1 fully saturated rings. The lowest BCUT2D eigenvalue weighted by Crippen LogP contribution is -2.46. The van der Waals surface area contributed by atoms with Crippen LogP contribution in [0.2, 0.25) is 5.02 Å². The molecule has 1 aliphatic rings. The molecule has 1 aliphatic heterocycles. The third kappa shape index (κ3) is 5.49. The van der Waals surface area contributed by atoms with Crippen LogP contribution in [0.1, 0.15) is 31.4 Å². The molecule has 0 bridgehead atoms. The molecule has 0 amide bonds. The van der Waals surface area contributed by atoms with E-state index in [1.165, 1.54) is 4.90 Å². The Morgan fingerprint density at radius 1 is 1.33 bits per heavy atom. The van der Waals surface area contributed by atoms with Crippen LogP contribution in [0.5, 0.6) is 0 Å².